The van der Waals surface area contributed by atoms with Crippen molar-refractivity contribution in [3.8, 4) is 28.3 Å². The van der Waals surface area contributed by atoms with Crippen LogP contribution in [0.25, 0.3) is 16.8 Å². The van der Waals surface area contributed by atoms with Gasteiger partial charge in [0.15, 0.2) is 17.2 Å². The summed E-state index contributed by atoms with van der Waals surface area (Å²) in [7, 11) is 0. The van der Waals surface area contributed by atoms with Gasteiger partial charge in [-0.2, -0.15) is 5.10 Å². The van der Waals surface area contributed by atoms with Gasteiger partial charge in [-0.25, -0.2) is 13.5 Å². The number of carbonyl (C=O) groups excluding carboxylic acids is 1. The maximum absolute atomic E-state index is 16.4. The molecule has 10 heteroatoms. The molecule has 4 heterocycles. The average Bonchev–Trinajstić information content (AvgIpc) is 3.70. The summed E-state index contributed by atoms with van der Waals surface area (Å²) < 4.78 is 45.7. The minimum atomic E-state index is -0.897. The van der Waals surface area contributed by atoms with Crippen LogP contribution in [0.5, 0.6) is 11.5 Å². The first-order valence-electron chi connectivity index (χ1n) is 12.7. The number of halogens is 3. The molecule has 3 N–H and O–H groups in total. The van der Waals surface area contributed by atoms with Crippen molar-refractivity contribution in [2.75, 3.05) is 6.54 Å². The zero-order chi connectivity index (χ0) is 26.9. The van der Waals surface area contributed by atoms with Gasteiger partial charge in [0.1, 0.15) is 23.9 Å². The summed E-state index contributed by atoms with van der Waals surface area (Å²) in [6.45, 7) is 0.890. The van der Waals surface area contributed by atoms with E-state index in [9.17, 15) is 4.79 Å². The maximum atomic E-state index is 16.4. The first kappa shape index (κ1) is 24.1. The predicted molar refractivity (Wildman–Crippen MR) is 140 cm³/mol. The highest BCUT2D eigenvalue weighted by atomic mass is 35.5. The fraction of sp³-hybridized carbons (Fsp3) is 0.241. The quantitative estimate of drug-likeness (QED) is 0.373. The number of amides is 1. The Balaban J connectivity index is 1.48. The summed E-state index contributed by atoms with van der Waals surface area (Å²) in [5.41, 5.74) is 6.85. The van der Waals surface area contributed by atoms with Gasteiger partial charge in [-0.1, -0.05) is 41.9 Å². The van der Waals surface area contributed by atoms with Gasteiger partial charge in [-0.05, 0) is 37.1 Å². The third kappa shape index (κ3) is 3.49. The summed E-state index contributed by atoms with van der Waals surface area (Å²) in [6, 6.07) is 14.0. The molecule has 0 radical (unpaired) electrons. The second-order valence-electron chi connectivity index (χ2n) is 10.1. The second kappa shape index (κ2) is 8.79. The smallest absolute Gasteiger partial charge is 0.249 e. The summed E-state index contributed by atoms with van der Waals surface area (Å²) in [4.78, 5) is 12.7. The van der Waals surface area contributed by atoms with Gasteiger partial charge in [0, 0.05) is 35.4 Å². The van der Waals surface area contributed by atoms with Crippen molar-refractivity contribution in [2.45, 2.75) is 37.5 Å². The van der Waals surface area contributed by atoms with Crippen molar-refractivity contribution in [2.24, 2.45) is 5.73 Å². The molecule has 1 fully saturated rings. The van der Waals surface area contributed by atoms with Crippen LogP contribution in [0.4, 0.5) is 8.78 Å². The van der Waals surface area contributed by atoms with Gasteiger partial charge in [0.2, 0.25) is 5.91 Å². The molecule has 7 rings (SSSR count). The average molecular weight is 549 g/mol. The Hall–Kier alpha value is -3.95. The van der Waals surface area contributed by atoms with Crippen LogP contribution in [0.3, 0.4) is 0 Å². The van der Waals surface area contributed by atoms with E-state index in [1.165, 1.54) is 16.8 Å². The number of hydrogen-bond donors (Lipinski definition) is 2. The number of primary amides is 1. The lowest BCUT2D eigenvalue weighted by molar-refractivity contribution is 0.0539. The Bertz CT molecular complexity index is 1650. The number of fused-ring (bicyclic) bond motifs is 4. The number of nitrogens with two attached hydrogens (primary N) is 1. The lowest BCUT2D eigenvalue weighted by atomic mass is 9.80. The standard InChI is InChI=1S/C29H23ClF2N4O3/c30-25-19(31)12-21-18(13-29(39-21,22-7-4-9-34-22)15-5-2-1-3-6-15)23(25)24-17(28(33)37)11-20-27(26(24)32)38-14-16-8-10-35-36(16)20/h1-3,5-6,8,10-12,22,34H,4,7,9,13-14H2,(H2,33,37)/t22-,29-/m0/s1. The third-order valence-corrected chi connectivity index (χ3v) is 8.30. The van der Waals surface area contributed by atoms with Gasteiger partial charge in [-0.3, -0.25) is 4.79 Å². The van der Waals surface area contributed by atoms with Crippen LogP contribution < -0.4 is 20.5 Å². The summed E-state index contributed by atoms with van der Waals surface area (Å²) in [5.74, 6) is -2.44. The van der Waals surface area contributed by atoms with Crippen LogP contribution >= 0.6 is 11.6 Å². The summed E-state index contributed by atoms with van der Waals surface area (Å²) in [5, 5.41) is 7.43. The monoisotopic (exact) mass is 548 g/mol. The highest BCUT2D eigenvalue weighted by Crippen LogP contribution is 2.53. The predicted octanol–water partition coefficient (Wildman–Crippen LogP) is 5.04. The molecule has 1 amide bonds. The van der Waals surface area contributed by atoms with E-state index in [2.05, 4.69) is 10.4 Å². The molecule has 3 aliphatic heterocycles. The van der Waals surface area contributed by atoms with Crippen molar-refractivity contribution < 1.29 is 23.0 Å². The lowest BCUT2D eigenvalue weighted by Crippen LogP contribution is -2.48. The van der Waals surface area contributed by atoms with Crippen LogP contribution in [0.1, 0.15) is 40.0 Å². The van der Waals surface area contributed by atoms with E-state index in [1.807, 2.05) is 30.3 Å². The van der Waals surface area contributed by atoms with Crippen molar-refractivity contribution in [1.82, 2.24) is 15.1 Å². The SMILES string of the molecule is NC(=O)c1cc2c(c(F)c1-c1c(Cl)c(F)cc3c1C[C@](c1ccccc1)([C@@H]1CCCN1)O3)OCc1ccnn1-2. The number of nitrogens with zero attached hydrogens (tertiary/aromatic N) is 2. The molecule has 0 saturated carbocycles. The van der Waals surface area contributed by atoms with Crippen LogP contribution in [-0.4, -0.2) is 28.3 Å². The molecule has 198 valence electrons. The fourth-order valence-corrected chi connectivity index (χ4v) is 6.44. The molecule has 7 nitrogen and oxygen atoms in total. The molecule has 3 aliphatic rings. The van der Waals surface area contributed by atoms with Crippen LogP contribution in [0.2, 0.25) is 5.02 Å². The largest absolute Gasteiger partial charge is 0.482 e. The van der Waals surface area contributed by atoms with Crippen LogP contribution in [0, 0.1) is 11.6 Å². The number of aromatic nitrogens is 2. The molecular formula is C29H23ClF2N4O3. The lowest BCUT2D eigenvalue weighted by Gasteiger charge is -2.35. The van der Waals surface area contributed by atoms with E-state index < -0.39 is 23.1 Å². The minimum absolute atomic E-state index is 0.0337. The first-order valence-corrected chi connectivity index (χ1v) is 13.1. The van der Waals surface area contributed by atoms with Crippen molar-refractivity contribution in [1.29, 1.82) is 0 Å². The maximum Gasteiger partial charge on any atom is 0.249 e. The second-order valence-corrected chi connectivity index (χ2v) is 10.4. The van der Waals surface area contributed by atoms with Gasteiger partial charge in [-0.15, -0.1) is 0 Å². The number of carbonyl (C=O) groups is 1. The summed E-state index contributed by atoms with van der Waals surface area (Å²) in [6.07, 6.45) is 3.63. The molecular weight excluding hydrogens is 526 g/mol. The summed E-state index contributed by atoms with van der Waals surface area (Å²) >= 11 is 6.58. The van der Waals surface area contributed by atoms with Crippen molar-refractivity contribution in [3.63, 3.8) is 0 Å². The Morgan fingerprint density at radius 3 is 2.74 bits per heavy atom. The topological polar surface area (TPSA) is 91.4 Å². The number of rotatable bonds is 4. The molecule has 0 aliphatic carbocycles. The Morgan fingerprint density at radius 2 is 2.00 bits per heavy atom. The van der Waals surface area contributed by atoms with Crippen LogP contribution in [0.15, 0.2) is 54.7 Å². The van der Waals surface area contributed by atoms with Crippen LogP contribution in [-0.2, 0) is 18.6 Å². The molecule has 3 aromatic carbocycles. The molecule has 39 heavy (non-hydrogen) atoms. The zero-order valence-corrected chi connectivity index (χ0v) is 21.4. The molecule has 4 aromatic rings. The Kier molecular flexibility index (Phi) is 5.43. The van der Waals surface area contributed by atoms with Crippen molar-refractivity contribution in [3.05, 3.63) is 93.8 Å². The van der Waals surface area contributed by atoms with E-state index in [0.29, 0.717) is 11.3 Å². The molecule has 0 spiro atoms. The number of nitrogens with one attached hydrogen (secondary N) is 1. The molecule has 2 atom stereocenters. The fourth-order valence-electron chi connectivity index (χ4n) is 6.18. The molecule has 1 saturated heterocycles. The molecule has 0 bridgehead atoms. The number of hydrogen-bond acceptors (Lipinski definition) is 5. The normalized spacial score (nSPS) is 21.1. The Labute approximate surface area is 227 Å². The highest BCUT2D eigenvalue weighted by Gasteiger charge is 2.50. The van der Waals surface area contributed by atoms with E-state index in [4.69, 9.17) is 26.8 Å². The molecule has 0 unspecified atom stereocenters. The van der Waals surface area contributed by atoms with Gasteiger partial charge in [0.05, 0.1) is 22.3 Å². The van der Waals surface area contributed by atoms with E-state index in [0.717, 1.165) is 24.9 Å². The van der Waals surface area contributed by atoms with Gasteiger partial charge in [0.25, 0.3) is 0 Å². The van der Waals surface area contributed by atoms with Gasteiger partial charge < -0.3 is 20.5 Å². The van der Waals surface area contributed by atoms with E-state index in [-0.39, 0.29) is 58.0 Å². The van der Waals surface area contributed by atoms with E-state index in [1.54, 1.807) is 12.3 Å². The number of benzene rings is 3. The van der Waals surface area contributed by atoms with Gasteiger partial charge >= 0.3 is 0 Å². The Morgan fingerprint density at radius 1 is 1.18 bits per heavy atom. The molecule has 1 aromatic heterocycles. The highest BCUT2D eigenvalue weighted by molar-refractivity contribution is 6.34. The van der Waals surface area contributed by atoms with E-state index >= 15 is 8.78 Å². The first-order chi connectivity index (χ1) is 18.9. The zero-order valence-electron chi connectivity index (χ0n) is 20.6. The number of ether oxygens (including phenoxy) is 2. The minimum Gasteiger partial charge on any atom is -0.482 e. The van der Waals surface area contributed by atoms with Crippen molar-refractivity contribution >= 4 is 17.5 Å². The third-order valence-electron chi connectivity index (χ3n) is 7.93.